The Hall–Kier alpha value is -2.24. The number of nitrogens with zero attached hydrogens (tertiary/aromatic N) is 1. The van der Waals surface area contributed by atoms with Crippen LogP contribution in [0, 0.1) is 0 Å². The largest absolute Gasteiger partial charge is 0.454 e. The van der Waals surface area contributed by atoms with Gasteiger partial charge >= 0.3 is 0 Å². The lowest BCUT2D eigenvalue weighted by atomic mass is 10.1. The average Bonchev–Trinajstić information content (AvgIpc) is 2.89. The number of fused-ring (bicyclic) bond motifs is 1. The van der Waals surface area contributed by atoms with Crippen molar-refractivity contribution in [1.29, 1.82) is 0 Å². The first kappa shape index (κ1) is 12.8. The monoisotopic (exact) mass is 276 g/mol. The Balaban J connectivity index is 1.82. The zero-order valence-electron chi connectivity index (χ0n) is 11.4. The third kappa shape index (κ3) is 2.07. The molecule has 0 saturated carbocycles. The van der Waals surface area contributed by atoms with Crippen LogP contribution in [0.3, 0.4) is 0 Å². The maximum Gasteiger partial charge on any atom is 0.245 e. The molecule has 6 heteroatoms. The molecule has 1 fully saturated rings. The molecule has 1 aromatic carbocycles. The molecule has 2 aliphatic heterocycles. The van der Waals surface area contributed by atoms with Crippen LogP contribution in [-0.2, 0) is 16.1 Å². The van der Waals surface area contributed by atoms with Crippen molar-refractivity contribution in [3.8, 4) is 11.5 Å². The van der Waals surface area contributed by atoms with Gasteiger partial charge in [-0.3, -0.25) is 9.59 Å². The molecule has 20 heavy (non-hydrogen) atoms. The van der Waals surface area contributed by atoms with Gasteiger partial charge in [0.15, 0.2) is 11.5 Å². The fourth-order valence-electron chi connectivity index (χ4n) is 2.43. The van der Waals surface area contributed by atoms with E-state index in [0.29, 0.717) is 18.0 Å². The van der Waals surface area contributed by atoms with Crippen LogP contribution in [0.5, 0.6) is 11.5 Å². The summed E-state index contributed by atoms with van der Waals surface area (Å²) in [6, 6.07) is 4.60. The van der Waals surface area contributed by atoms with E-state index < -0.39 is 12.1 Å². The van der Waals surface area contributed by atoms with Crippen molar-refractivity contribution in [2.75, 3.05) is 6.79 Å². The van der Waals surface area contributed by atoms with Gasteiger partial charge in [0.25, 0.3) is 0 Å². The Labute approximate surface area is 116 Å². The van der Waals surface area contributed by atoms with E-state index in [-0.39, 0.29) is 18.6 Å². The van der Waals surface area contributed by atoms with E-state index in [2.05, 4.69) is 5.32 Å². The minimum Gasteiger partial charge on any atom is -0.454 e. The number of hydrogen-bond donors (Lipinski definition) is 1. The summed E-state index contributed by atoms with van der Waals surface area (Å²) in [7, 11) is 0. The summed E-state index contributed by atoms with van der Waals surface area (Å²) in [5, 5.41) is 2.66. The first-order valence-corrected chi connectivity index (χ1v) is 6.55. The van der Waals surface area contributed by atoms with Crippen molar-refractivity contribution in [3.63, 3.8) is 0 Å². The smallest absolute Gasteiger partial charge is 0.245 e. The van der Waals surface area contributed by atoms with E-state index in [1.165, 1.54) is 0 Å². The maximum absolute atomic E-state index is 12.2. The fourth-order valence-corrected chi connectivity index (χ4v) is 2.43. The number of hydrogen-bond acceptors (Lipinski definition) is 4. The zero-order valence-corrected chi connectivity index (χ0v) is 11.4. The second-order valence-corrected chi connectivity index (χ2v) is 5.06. The highest BCUT2D eigenvalue weighted by atomic mass is 16.7. The number of piperazine rings is 1. The lowest BCUT2D eigenvalue weighted by Gasteiger charge is -2.36. The van der Waals surface area contributed by atoms with Gasteiger partial charge < -0.3 is 19.7 Å². The molecule has 3 rings (SSSR count). The predicted molar refractivity (Wildman–Crippen MR) is 70.2 cm³/mol. The number of rotatable bonds is 2. The Morgan fingerprint density at radius 3 is 2.80 bits per heavy atom. The first-order chi connectivity index (χ1) is 9.56. The normalized spacial score (nSPS) is 24.8. The minimum atomic E-state index is -0.479. The summed E-state index contributed by atoms with van der Waals surface area (Å²) in [6.45, 7) is 4.02. The van der Waals surface area contributed by atoms with Crippen LogP contribution < -0.4 is 14.8 Å². The predicted octanol–water partition coefficient (Wildman–Crippen LogP) is 0.651. The van der Waals surface area contributed by atoms with Crippen molar-refractivity contribution in [1.82, 2.24) is 10.2 Å². The van der Waals surface area contributed by atoms with Crippen LogP contribution in [0.4, 0.5) is 0 Å². The number of carbonyl (C=O) groups excluding carboxylic acids is 2. The van der Waals surface area contributed by atoms with E-state index in [4.69, 9.17) is 9.47 Å². The molecule has 2 atom stereocenters. The lowest BCUT2D eigenvalue weighted by molar-refractivity contribution is -0.148. The molecule has 2 unspecified atom stereocenters. The molecule has 0 aromatic heterocycles. The third-order valence-corrected chi connectivity index (χ3v) is 3.65. The van der Waals surface area contributed by atoms with E-state index in [1.54, 1.807) is 18.7 Å². The Morgan fingerprint density at radius 2 is 2.00 bits per heavy atom. The lowest BCUT2D eigenvalue weighted by Crippen LogP contribution is -2.60. The van der Waals surface area contributed by atoms with Crippen LogP contribution in [0.2, 0.25) is 0 Å². The van der Waals surface area contributed by atoms with Crippen molar-refractivity contribution < 1.29 is 19.1 Å². The van der Waals surface area contributed by atoms with Crippen LogP contribution in [0.1, 0.15) is 19.4 Å². The summed E-state index contributed by atoms with van der Waals surface area (Å²) < 4.78 is 10.6. The topological polar surface area (TPSA) is 67.9 Å². The quantitative estimate of drug-likeness (QED) is 0.861. The Kier molecular flexibility index (Phi) is 3.00. The second-order valence-electron chi connectivity index (χ2n) is 5.06. The standard InChI is InChI=1S/C14H16N2O4/c1-8-14(18)16(9(2)13(17)15-8)6-10-3-4-11-12(5-10)20-7-19-11/h3-5,8-9H,6-7H2,1-2H3,(H,15,17). The third-order valence-electron chi connectivity index (χ3n) is 3.65. The number of ether oxygens (including phenoxy) is 2. The van der Waals surface area contributed by atoms with Gasteiger partial charge in [-0.25, -0.2) is 0 Å². The molecule has 106 valence electrons. The van der Waals surface area contributed by atoms with Gasteiger partial charge in [0, 0.05) is 6.54 Å². The molecule has 6 nitrogen and oxygen atoms in total. The van der Waals surface area contributed by atoms with Crippen molar-refractivity contribution in [2.24, 2.45) is 0 Å². The number of amides is 2. The van der Waals surface area contributed by atoms with Crippen molar-refractivity contribution in [2.45, 2.75) is 32.5 Å². The average molecular weight is 276 g/mol. The molecule has 0 radical (unpaired) electrons. The van der Waals surface area contributed by atoms with Crippen LogP contribution in [0.25, 0.3) is 0 Å². The van der Waals surface area contributed by atoms with Crippen LogP contribution in [0.15, 0.2) is 18.2 Å². The SMILES string of the molecule is CC1NC(=O)C(C)N(Cc2ccc3c(c2)OCO3)C1=O. The number of nitrogens with one attached hydrogen (secondary N) is 1. The number of benzene rings is 1. The summed E-state index contributed by atoms with van der Waals surface area (Å²) in [5.74, 6) is 1.18. The highest BCUT2D eigenvalue weighted by Crippen LogP contribution is 2.33. The van der Waals surface area contributed by atoms with E-state index in [0.717, 1.165) is 5.56 Å². The van der Waals surface area contributed by atoms with Crippen LogP contribution in [-0.4, -0.2) is 35.6 Å². The van der Waals surface area contributed by atoms with Gasteiger partial charge in [0.1, 0.15) is 12.1 Å². The molecule has 2 aliphatic rings. The van der Waals surface area contributed by atoms with Gasteiger partial charge in [-0.15, -0.1) is 0 Å². The molecule has 0 aliphatic carbocycles. The van der Waals surface area contributed by atoms with Gasteiger partial charge in [-0.1, -0.05) is 6.07 Å². The van der Waals surface area contributed by atoms with Crippen molar-refractivity contribution >= 4 is 11.8 Å². The second kappa shape index (κ2) is 4.70. The maximum atomic E-state index is 12.2. The Bertz CT molecular complexity index is 572. The van der Waals surface area contributed by atoms with Gasteiger partial charge in [-0.2, -0.15) is 0 Å². The molecular weight excluding hydrogens is 260 g/mol. The molecule has 1 saturated heterocycles. The van der Waals surface area contributed by atoms with Gasteiger partial charge in [0.05, 0.1) is 0 Å². The van der Waals surface area contributed by atoms with Crippen molar-refractivity contribution in [3.05, 3.63) is 23.8 Å². The van der Waals surface area contributed by atoms with Crippen LogP contribution >= 0.6 is 0 Å². The van der Waals surface area contributed by atoms with E-state index in [9.17, 15) is 9.59 Å². The minimum absolute atomic E-state index is 0.0743. The molecule has 2 heterocycles. The molecule has 1 aromatic rings. The molecule has 1 N–H and O–H groups in total. The highest BCUT2D eigenvalue weighted by Gasteiger charge is 2.35. The zero-order chi connectivity index (χ0) is 14.3. The number of carbonyl (C=O) groups is 2. The summed E-state index contributed by atoms with van der Waals surface area (Å²) in [5.41, 5.74) is 0.913. The summed E-state index contributed by atoms with van der Waals surface area (Å²) >= 11 is 0. The molecule has 2 amide bonds. The van der Waals surface area contributed by atoms with E-state index in [1.807, 2.05) is 18.2 Å². The first-order valence-electron chi connectivity index (χ1n) is 6.55. The van der Waals surface area contributed by atoms with Gasteiger partial charge in [-0.05, 0) is 31.5 Å². The molecular formula is C14H16N2O4. The summed E-state index contributed by atoms with van der Waals surface area (Å²) in [6.07, 6.45) is 0. The molecule has 0 spiro atoms. The van der Waals surface area contributed by atoms with Gasteiger partial charge in [0.2, 0.25) is 18.6 Å². The Morgan fingerprint density at radius 1 is 1.25 bits per heavy atom. The fraction of sp³-hybridized carbons (Fsp3) is 0.429. The molecule has 0 bridgehead atoms. The van der Waals surface area contributed by atoms with E-state index >= 15 is 0 Å². The highest BCUT2D eigenvalue weighted by molar-refractivity contribution is 5.96. The summed E-state index contributed by atoms with van der Waals surface area (Å²) in [4.78, 5) is 25.5.